The number of ether oxygens (including phenoxy) is 1. The summed E-state index contributed by atoms with van der Waals surface area (Å²) in [5, 5.41) is 0. The highest BCUT2D eigenvalue weighted by Gasteiger charge is 2.57. The fourth-order valence-corrected chi connectivity index (χ4v) is 0.896. The second kappa shape index (κ2) is 5.60. The van der Waals surface area contributed by atoms with Gasteiger partial charge in [0, 0.05) is 6.54 Å². The monoisotopic (exact) mass is 235 g/mol. The molecule has 0 aromatic carbocycles. The average molecular weight is 235 g/mol. The van der Waals surface area contributed by atoms with E-state index in [0.29, 0.717) is 12.8 Å². The molecule has 0 amide bonds. The lowest BCUT2D eigenvalue weighted by molar-refractivity contribution is -0.299. The maximum Gasteiger partial charge on any atom is 0.455 e. The van der Waals surface area contributed by atoms with Gasteiger partial charge in [-0.15, -0.1) is 0 Å². The number of rotatable bonds is 6. The summed E-state index contributed by atoms with van der Waals surface area (Å²) in [5.41, 5.74) is 5.15. The Kier molecular flexibility index (Phi) is 5.44. The van der Waals surface area contributed by atoms with Gasteiger partial charge >= 0.3 is 12.1 Å². The summed E-state index contributed by atoms with van der Waals surface area (Å²) in [5.74, 6) is -4.81. The van der Waals surface area contributed by atoms with Crippen molar-refractivity contribution in [1.82, 2.24) is 0 Å². The minimum Gasteiger partial charge on any atom is -0.370 e. The molecule has 1 atom stereocenters. The van der Waals surface area contributed by atoms with Crippen molar-refractivity contribution in [1.29, 1.82) is 0 Å². The molecule has 0 aliphatic carbocycles. The second-order valence-electron chi connectivity index (χ2n) is 3.16. The van der Waals surface area contributed by atoms with Crippen LogP contribution in [0.5, 0.6) is 0 Å². The summed E-state index contributed by atoms with van der Waals surface area (Å²) in [6.07, 6.45) is -5.34. The third-order valence-electron chi connectivity index (χ3n) is 1.79. The predicted molar refractivity (Wildman–Crippen MR) is 44.7 cm³/mol. The summed E-state index contributed by atoms with van der Waals surface area (Å²) in [7, 11) is 0. The third kappa shape index (κ3) is 4.74. The predicted octanol–water partition coefficient (Wildman–Crippen LogP) is 2.33. The molecule has 2 N–H and O–H groups in total. The fourth-order valence-electron chi connectivity index (χ4n) is 0.896. The molecule has 0 fully saturated rings. The van der Waals surface area contributed by atoms with Crippen molar-refractivity contribution in [3.05, 3.63) is 0 Å². The van der Waals surface area contributed by atoms with Crippen LogP contribution in [-0.4, -0.2) is 31.4 Å². The van der Waals surface area contributed by atoms with E-state index in [2.05, 4.69) is 4.74 Å². The Morgan fingerprint density at radius 2 is 1.73 bits per heavy atom. The molecule has 7 heteroatoms. The van der Waals surface area contributed by atoms with E-state index in [0.717, 1.165) is 0 Å². The Bertz CT molecular complexity index is 182. The van der Waals surface area contributed by atoms with Crippen molar-refractivity contribution in [3.8, 4) is 0 Å². The van der Waals surface area contributed by atoms with Crippen LogP contribution in [-0.2, 0) is 4.74 Å². The Labute approximate surface area is 84.6 Å². The summed E-state index contributed by atoms with van der Waals surface area (Å²) in [6, 6.07) is 0. The zero-order valence-electron chi connectivity index (χ0n) is 8.28. The standard InChI is InChI=1S/C8H14F5NO/c1-2-3-6(4-14)15-5-7(9,10)8(11,12)13/h6H,2-5,14H2,1H3. The number of hydrogen-bond donors (Lipinski definition) is 1. The Hall–Kier alpha value is -0.430. The molecule has 0 heterocycles. The summed E-state index contributed by atoms with van der Waals surface area (Å²) < 4.78 is 64.3. The third-order valence-corrected chi connectivity index (χ3v) is 1.79. The first-order valence-corrected chi connectivity index (χ1v) is 4.50. The van der Waals surface area contributed by atoms with Crippen molar-refractivity contribution in [2.75, 3.05) is 13.2 Å². The second-order valence-corrected chi connectivity index (χ2v) is 3.16. The van der Waals surface area contributed by atoms with Crippen LogP contribution >= 0.6 is 0 Å². The van der Waals surface area contributed by atoms with Gasteiger partial charge < -0.3 is 10.5 Å². The van der Waals surface area contributed by atoms with Crippen molar-refractivity contribution in [3.63, 3.8) is 0 Å². The van der Waals surface area contributed by atoms with E-state index in [9.17, 15) is 22.0 Å². The van der Waals surface area contributed by atoms with Crippen LogP contribution in [0.2, 0.25) is 0 Å². The lowest BCUT2D eigenvalue weighted by Crippen LogP contribution is -2.42. The van der Waals surface area contributed by atoms with Gasteiger partial charge in [-0.1, -0.05) is 13.3 Å². The number of hydrogen-bond acceptors (Lipinski definition) is 2. The van der Waals surface area contributed by atoms with Crippen LogP contribution in [0.3, 0.4) is 0 Å². The molecule has 1 unspecified atom stereocenters. The molecular formula is C8H14F5NO. The largest absolute Gasteiger partial charge is 0.455 e. The molecule has 0 bridgehead atoms. The van der Waals surface area contributed by atoms with Crippen molar-refractivity contribution in [2.45, 2.75) is 38.0 Å². The molecule has 2 nitrogen and oxygen atoms in total. The van der Waals surface area contributed by atoms with Crippen LogP contribution < -0.4 is 5.73 Å². The van der Waals surface area contributed by atoms with E-state index >= 15 is 0 Å². The van der Waals surface area contributed by atoms with Crippen molar-refractivity contribution in [2.24, 2.45) is 5.73 Å². The maximum atomic E-state index is 12.4. The molecule has 0 aromatic rings. The smallest absolute Gasteiger partial charge is 0.370 e. The van der Waals surface area contributed by atoms with Gasteiger partial charge in [-0.25, -0.2) is 0 Å². The van der Waals surface area contributed by atoms with E-state index in [1.54, 1.807) is 6.92 Å². The van der Waals surface area contributed by atoms with Crippen LogP contribution in [0.25, 0.3) is 0 Å². The normalized spacial score (nSPS) is 15.4. The SMILES string of the molecule is CCCC(CN)OCC(F)(F)C(F)(F)F. The molecule has 0 aliphatic heterocycles. The molecule has 0 saturated heterocycles. The highest BCUT2D eigenvalue weighted by molar-refractivity contribution is 4.76. The van der Waals surface area contributed by atoms with Crippen LogP contribution in [0.15, 0.2) is 0 Å². The van der Waals surface area contributed by atoms with E-state index in [-0.39, 0.29) is 6.54 Å². The topological polar surface area (TPSA) is 35.2 Å². The molecule has 15 heavy (non-hydrogen) atoms. The van der Waals surface area contributed by atoms with Gasteiger partial charge in [0.1, 0.15) is 6.61 Å². The van der Waals surface area contributed by atoms with Gasteiger partial charge in [0.15, 0.2) is 0 Å². The number of halogens is 5. The maximum absolute atomic E-state index is 12.4. The molecule has 0 saturated carbocycles. The van der Waals surface area contributed by atoms with Crippen LogP contribution in [0, 0.1) is 0 Å². The number of nitrogens with two attached hydrogens (primary N) is 1. The van der Waals surface area contributed by atoms with Gasteiger partial charge in [-0.3, -0.25) is 0 Å². The summed E-state index contributed by atoms with van der Waals surface area (Å²) >= 11 is 0. The Balaban J connectivity index is 4.12. The minimum atomic E-state index is -5.57. The first-order chi connectivity index (χ1) is 6.74. The van der Waals surface area contributed by atoms with E-state index in [1.807, 2.05) is 0 Å². The molecular weight excluding hydrogens is 221 g/mol. The number of alkyl halides is 5. The molecule has 92 valence electrons. The first kappa shape index (κ1) is 14.6. The van der Waals surface area contributed by atoms with Crippen molar-refractivity contribution < 1.29 is 26.7 Å². The molecule has 0 aromatic heterocycles. The molecule has 0 spiro atoms. The quantitative estimate of drug-likeness (QED) is 0.717. The summed E-state index contributed by atoms with van der Waals surface area (Å²) in [6.45, 7) is 0.0219. The van der Waals surface area contributed by atoms with Gasteiger partial charge in [0.05, 0.1) is 6.10 Å². The van der Waals surface area contributed by atoms with Gasteiger partial charge in [0.2, 0.25) is 0 Å². The fraction of sp³-hybridized carbons (Fsp3) is 1.00. The Morgan fingerprint density at radius 3 is 2.07 bits per heavy atom. The van der Waals surface area contributed by atoms with Gasteiger partial charge in [0.25, 0.3) is 0 Å². The lowest BCUT2D eigenvalue weighted by atomic mass is 10.2. The van der Waals surface area contributed by atoms with E-state index in [4.69, 9.17) is 5.73 Å². The molecule has 0 aliphatic rings. The van der Waals surface area contributed by atoms with Gasteiger partial charge in [-0.05, 0) is 6.42 Å². The average Bonchev–Trinajstić information content (AvgIpc) is 2.10. The lowest BCUT2D eigenvalue weighted by Gasteiger charge is -2.22. The van der Waals surface area contributed by atoms with Gasteiger partial charge in [-0.2, -0.15) is 22.0 Å². The van der Waals surface area contributed by atoms with Crippen LogP contribution in [0.1, 0.15) is 19.8 Å². The zero-order valence-corrected chi connectivity index (χ0v) is 8.28. The van der Waals surface area contributed by atoms with Crippen molar-refractivity contribution >= 4 is 0 Å². The van der Waals surface area contributed by atoms with E-state index in [1.165, 1.54) is 0 Å². The van der Waals surface area contributed by atoms with E-state index < -0.39 is 24.8 Å². The highest BCUT2D eigenvalue weighted by atomic mass is 19.4. The zero-order chi connectivity index (χ0) is 12.1. The first-order valence-electron chi connectivity index (χ1n) is 4.50. The highest BCUT2D eigenvalue weighted by Crippen LogP contribution is 2.35. The minimum absolute atomic E-state index is 0.0677. The molecule has 0 radical (unpaired) electrons. The molecule has 0 rings (SSSR count). The Morgan fingerprint density at radius 1 is 1.20 bits per heavy atom. The summed E-state index contributed by atoms with van der Waals surface area (Å²) in [4.78, 5) is 0. The van der Waals surface area contributed by atoms with Crippen LogP contribution in [0.4, 0.5) is 22.0 Å².